The second-order valence-corrected chi connectivity index (χ2v) is 5.24. The summed E-state index contributed by atoms with van der Waals surface area (Å²) in [5, 5.41) is 11.9. The third kappa shape index (κ3) is 4.38. The van der Waals surface area contributed by atoms with Crippen molar-refractivity contribution in [2.45, 2.75) is 6.92 Å². The van der Waals surface area contributed by atoms with E-state index in [0.717, 1.165) is 5.56 Å². The van der Waals surface area contributed by atoms with Gasteiger partial charge >= 0.3 is 5.97 Å². The van der Waals surface area contributed by atoms with Gasteiger partial charge in [0.05, 0.1) is 14.2 Å². The Morgan fingerprint density at radius 3 is 2.32 bits per heavy atom. The molecule has 25 heavy (non-hydrogen) atoms. The van der Waals surface area contributed by atoms with E-state index in [0.29, 0.717) is 22.6 Å². The molecule has 0 radical (unpaired) electrons. The predicted octanol–water partition coefficient (Wildman–Crippen LogP) is 2.87. The van der Waals surface area contributed by atoms with E-state index in [1.807, 2.05) is 0 Å². The van der Waals surface area contributed by atoms with Gasteiger partial charge in [0.2, 0.25) is 0 Å². The Bertz CT molecular complexity index is 812. The first-order valence-corrected chi connectivity index (χ1v) is 7.50. The summed E-state index contributed by atoms with van der Waals surface area (Å²) >= 11 is 0. The Hall–Kier alpha value is -3.28. The van der Waals surface area contributed by atoms with Gasteiger partial charge in [-0.25, -0.2) is 4.79 Å². The van der Waals surface area contributed by atoms with Crippen LogP contribution >= 0.6 is 0 Å². The van der Waals surface area contributed by atoms with Crippen LogP contribution < -0.4 is 14.8 Å². The number of carbonyl (C=O) groups is 2. The lowest BCUT2D eigenvalue weighted by molar-refractivity contribution is -0.132. The summed E-state index contributed by atoms with van der Waals surface area (Å²) in [6.45, 7) is 1.80. The lowest BCUT2D eigenvalue weighted by atomic mass is 10.1. The second-order valence-electron chi connectivity index (χ2n) is 5.24. The summed E-state index contributed by atoms with van der Waals surface area (Å²) in [6.07, 6.45) is 1.37. The normalized spacial score (nSPS) is 10.9. The van der Waals surface area contributed by atoms with E-state index >= 15 is 0 Å². The maximum Gasteiger partial charge on any atom is 0.352 e. The quantitative estimate of drug-likeness (QED) is 0.789. The van der Waals surface area contributed by atoms with Gasteiger partial charge in [0, 0.05) is 17.2 Å². The Labute approximate surface area is 145 Å². The first kappa shape index (κ1) is 18.1. The van der Waals surface area contributed by atoms with Gasteiger partial charge in [-0.15, -0.1) is 0 Å². The Kier molecular flexibility index (Phi) is 5.79. The van der Waals surface area contributed by atoms with Gasteiger partial charge in [-0.2, -0.15) is 0 Å². The number of hydrogen-bond acceptors (Lipinski definition) is 4. The van der Waals surface area contributed by atoms with Crippen molar-refractivity contribution in [3.8, 4) is 11.5 Å². The number of aryl methyl sites for hydroxylation is 1. The fourth-order valence-corrected chi connectivity index (χ4v) is 2.29. The molecule has 0 atom stereocenters. The number of amides is 1. The lowest BCUT2D eigenvalue weighted by Gasteiger charge is -2.12. The van der Waals surface area contributed by atoms with Crippen LogP contribution in [0.25, 0.3) is 6.08 Å². The van der Waals surface area contributed by atoms with Gasteiger partial charge in [0.25, 0.3) is 5.91 Å². The van der Waals surface area contributed by atoms with E-state index in [4.69, 9.17) is 9.47 Å². The summed E-state index contributed by atoms with van der Waals surface area (Å²) in [6, 6.07) is 11.8. The molecule has 0 unspecified atom stereocenters. The van der Waals surface area contributed by atoms with Crippen molar-refractivity contribution in [1.82, 2.24) is 5.32 Å². The highest BCUT2D eigenvalue weighted by atomic mass is 16.5. The first-order valence-electron chi connectivity index (χ1n) is 7.50. The Balaban J connectivity index is 2.41. The molecule has 2 rings (SSSR count). The number of nitrogens with one attached hydrogen (secondary N) is 1. The highest BCUT2D eigenvalue weighted by Crippen LogP contribution is 2.30. The van der Waals surface area contributed by atoms with Crippen molar-refractivity contribution in [3.63, 3.8) is 0 Å². The Morgan fingerprint density at radius 2 is 1.76 bits per heavy atom. The maximum atomic E-state index is 12.2. The standard InChI is InChI=1S/C19H19NO5/c1-12-9-14(24-2)10-17(25-3)15(12)11-16(19(22)23)20-18(21)13-7-5-4-6-8-13/h4-11H,1-3H3,(H,20,21)(H,22,23)/b16-11-. The van der Waals surface area contributed by atoms with E-state index < -0.39 is 11.9 Å². The smallest absolute Gasteiger partial charge is 0.352 e. The molecule has 0 aliphatic rings. The molecule has 0 aliphatic heterocycles. The molecule has 0 spiro atoms. The van der Waals surface area contributed by atoms with Gasteiger partial charge in [-0.05, 0) is 36.8 Å². The van der Waals surface area contributed by atoms with Crippen molar-refractivity contribution in [1.29, 1.82) is 0 Å². The van der Waals surface area contributed by atoms with Crippen LogP contribution in [0.2, 0.25) is 0 Å². The number of carbonyl (C=O) groups excluding carboxylic acids is 1. The monoisotopic (exact) mass is 341 g/mol. The molecule has 130 valence electrons. The molecule has 0 aromatic heterocycles. The largest absolute Gasteiger partial charge is 0.497 e. The zero-order chi connectivity index (χ0) is 18.4. The third-order valence-corrected chi connectivity index (χ3v) is 3.58. The highest BCUT2D eigenvalue weighted by molar-refractivity contribution is 6.03. The fraction of sp³-hybridized carbons (Fsp3) is 0.158. The SMILES string of the molecule is COc1cc(C)c(/C=C(\NC(=O)c2ccccc2)C(=O)O)c(OC)c1. The molecule has 0 aliphatic carbocycles. The number of aliphatic carboxylic acids is 1. The molecule has 0 fully saturated rings. The first-order chi connectivity index (χ1) is 12.0. The number of carboxylic acid groups (broad SMARTS) is 1. The molecular weight excluding hydrogens is 322 g/mol. The molecule has 0 heterocycles. The van der Waals surface area contributed by atoms with Crippen LogP contribution in [-0.2, 0) is 4.79 Å². The molecular formula is C19H19NO5. The van der Waals surface area contributed by atoms with Gasteiger partial charge in [0.15, 0.2) is 0 Å². The number of carboxylic acids is 1. The van der Waals surface area contributed by atoms with E-state index in [1.165, 1.54) is 20.3 Å². The van der Waals surface area contributed by atoms with Crippen LogP contribution in [0.15, 0.2) is 48.2 Å². The molecule has 0 bridgehead atoms. The molecule has 6 nitrogen and oxygen atoms in total. The van der Waals surface area contributed by atoms with Crippen molar-refractivity contribution in [2.75, 3.05) is 14.2 Å². The molecule has 2 aromatic rings. The average molecular weight is 341 g/mol. The van der Waals surface area contributed by atoms with Crippen molar-refractivity contribution >= 4 is 18.0 Å². The second kappa shape index (κ2) is 8.01. The molecule has 6 heteroatoms. The van der Waals surface area contributed by atoms with Gasteiger partial charge < -0.3 is 19.9 Å². The minimum atomic E-state index is -1.25. The van der Waals surface area contributed by atoms with E-state index in [9.17, 15) is 14.7 Å². The zero-order valence-electron chi connectivity index (χ0n) is 14.2. The zero-order valence-corrected chi connectivity index (χ0v) is 14.2. The predicted molar refractivity (Wildman–Crippen MR) is 93.8 cm³/mol. The van der Waals surface area contributed by atoms with Crippen LogP contribution in [-0.4, -0.2) is 31.2 Å². The maximum absolute atomic E-state index is 12.2. The van der Waals surface area contributed by atoms with Crippen molar-refractivity contribution < 1.29 is 24.2 Å². The molecule has 2 aromatic carbocycles. The minimum absolute atomic E-state index is 0.250. The number of methoxy groups -OCH3 is 2. The van der Waals surface area contributed by atoms with Crippen molar-refractivity contribution in [2.24, 2.45) is 0 Å². The lowest BCUT2D eigenvalue weighted by Crippen LogP contribution is -2.27. The minimum Gasteiger partial charge on any atom is -0.497 e. The van der Waals surface area contributed by atoms with Gasteiger partial charge in [-0.1, -0.05) is 18.2 Å². The average Bonchev–Trinajstić information content (AvgIpc) is 2.62. The number of ether oxygens (including phenoxy) is 2. The van der Waals surface area contributed by atoms with Crippen LogP contribution in [0, 0.1) is 6.92 Å². The van der Waals surface area contributed by atoms with Crippen LogP contribution in [0.1, 0.15) is 21.5 Å². The number of hydrogen-bond donors (Lipinski definition) is 2. The van der Waals surface area contributed by atoms with Crippen LogP contribution in [0.3, 0.4) is 0 Å². The summed E-state index contributed by atoms with van der Waals surface area (Å²) in [7, 11) is 3.01. The summed E-state index contributed by atoms with van der Waals surface area (Å²) in [5.41, 5.74) is 1.42. The fourth-order valence-electron chi connectivity index (χ4n) is 2.29. The van der Waals surface area contributed by atoms with E-state index in [1.54, 1.807) is 49.4 Å². The van der Waals surface area contributed by atoms with Crippen molar-refractivity contribution in [3.05, 3.63) is 64.9 Å². The summed E-state index contributed by atoms with van der Waals surface area (Å²) in [4.78, 5) is 23.8. The van der Waals surface area contributed by atoms with Crippen LogP contribution in [0.5, 0.6) is 11.5 Å². The Morgan fingerprint density at radius 1 is 1.08 bits per heavy atom. The molecule has 0 saturated carbocycles. The highest BCUT2D eigenvalue weighted by Gasteiger charge is 2.16. The number of rotatable bonds is 6. The number of benzene rings is 2. The van der Waals surface area contributed by atoms with E-state index in [-0.39, 0.29) is 5.70 Å². The molecule has 0 saturated heterocycles. The third-order valence-electron chi connectivity index (χ3n) is 3.58. The molecule has 1 amide bonds. The summed E-state index contributed by atoms with van der Waals surface area (Å²) in [5.74, 6) is -0.706. The van der Waals surface area contributed by atoms with Gasteiger partial charge in [0.1, 0.15) is 17.2 Å². The van der Waals surface area contributed by atoms with E-state index in [2.05, 4.69) is 5.32 Å². The van der Waals surface area contributed by atoms with Gasteiger partial charge in [-0.3, -0.25) is 4.79 Å². The molecule has 2 N–H and O–H groups in total. The topological polar surface area (TPSA) is 84.9 Å². The van der Waals surface area contributed by atoms with Crippen LogP contribution in [0.4, 0.5) is 0 Å². The summed E-state index contributed by atoms with van der Waals surface area (Å²) < 4.78 is 10.5.